The summed E-state index contributed by atoms with van der Waals surface area (Å²) < 4.78 is 36.3. The third-order valence-electron chi connectivity index (χ3n) is 4.55. The maximum absolute atomic E-state index is 13.3. The number of ether oxygens (including phenoxy) is 2. The van der Waals surface area contributed by atoms with E-state index in [4.69, 9.17) is 19.5 Å². The fraction of sp³-hybridized carbons (Fsp3) is 0.421. The van der Waals surface area contributed by atoms with E-state index >= 15 is 0 Å². The van der Waals surface area contributed by atoms with Crippen LogP contribution in [0.15, 0.2) is 47.4 Å². The van der Waals surface area contributed by atoms with Crippen LogP contribution in [0.5, 0.6) is 5.75 Å². The molecule has 0 radical (unpaired) electrons. The highest BCUT2D eigenvalue weighted by Crippen LogP contribution is 2.45. The van der Waals surface area contributed by atoms with E-state index in [9.17, 15) is 14.2 Å². The number of anilines is 1. The first-order chi connectivity index (χ1) is 14.8. The van der Waals surface area contributed by atoms with Crippen LogP contribution in [0.25, 0.3) is 0 Å². The first-order valence-electron chi connectivity index (χ1n) is 9.64. The van der Waals surface area contributed by atoms with E-state index in [1.807, 2.05) is 0 Å². The van der Waals surface area contributed by atoms with E-state index in [-0.39, 0.29) is 12.4 Å². The van der Waals surface area contributed by atoms with Crippen LogP contribution < -0.4 is 21.0 Å². The van der Waals surface area contributed by atoms with Gasteiger partial charge < -0.3 is 19.7 Å². The number of carbonyl (C=O) groups is 1. The highest BCUT2D eigenvalue weighted by molar-refractivity contribution is 7.52. The Morgan fingerprint density at radius 2 is 2.10 bits per heavy atom. The second kappa shape index (κ2) is 10.1. The quantitative estimate of drug-likeness (QED) is 0.427. The molecule has 3 rings (SSSR count). The molecule has 1 fully saturated rings. The molecule has 12 heteroatoms. The largest absolute Gasteiger partial charge is 0.468 e. The molecular weight excluding hydrogens is 427 g/mol. The van der Waals surface area contributed by atoms with Gasteiger partial charge in [-0.05, 0) is 38.0 Å². The number of benzene rings is 1. The minimum Gasteiger partial charge on any atom is -0.468 e. The Balaban J connectivity index is 1.66. The fourth-order valence-electron chi connectivity index (χ4n) is 3.02. The van der Waals surface area contributed by atoms with Crippen molar-refractivity contribution >= 4 is 19.5 Å². The van der Waals surface area contributed by atoms with Crippen molar-refractivity contribution in [2.75, 3.05) is 19.5 Å². The number of rotatable bonds is 9. The topological polar surface area (TPSA) is 144 Å². The standard InChI is InChI=1S/C19H25N4O7P/c1-13(18(24)27-2)22-31(26,30-14-6-4-3-5-7-14)28-12-15-8-9-17(29-15)23-11-10-16(20)21-19(23)25/h3-7,10-11,13,15,17H,8-9,12H2,1-2H3,(H,22,26)(H2,20,21,25)/t13-,15?,17?,31?/m0/s1. The zero-order chi connectivity index (χ0) is 22.4. The van der Waals surface area contributed by atoms with Gasteiger partial charge in [0.1, 0.15) is 23.8 Å². The number of nitrogen functional groups attached to an aromatic ring is 1. The second-order valence-electron chi connectivity index (χ2n) is 6.90. The average Bonchev–Trinajstić information content (AvgIpc) is 3.21. The van der Waals surface area contributed by atoms with Crippen molar-refractivity contribution in [3.05, 3.63) is 53.1 Å². The van der Waals surface area contributed by atoms with Crippen molar-refractivity contribution in [1.29, 1.82) is 0 Å². The van der Waals surface area contributed by atoms with Crippen molar-refractivity contribution in [2.24, 2.45) is 0 Å². The number of carbonyl (C=O) groups excluding carboxylic acids is 1. The van der Waals surface area contributed by atoms with Crippen LogP contribution in [-0.4, -0.2) is 41.4 Å². The number of para-hydroxylation sites is 1. The Labute approximate surface area is 179 Å². The van der Waals surface area contributed by atoms with E-state index in [2.05, 4.69) is 14.8 Å². The third-order valence-corrected chi connectivity index (χ3v) is 6.20. The Morgan fingerprint density at radius 3 is 2.77 bits per heavy atom. The number of hydrogen-bond donors (Lipinski definition) is 2. The first-order valence-corrected chi connectivity index (χ1v) is 11.2. The van der Waals surface area contributed by atoms with Gasteiger partial charge >= 0.3 is 19.4 Å². The van der Waals surface area contributed by atoms with E-state index < -0.39 is 37.8 Å². The number of nitrogens with two attached hydrogens (primary N) is 1. The van der Waals surface area contributed by atoms with Gasteiger partial charge in [0, 0.05) is 6.20 Å². The summed E-state index contributed by atoms with van der Waals surface area (Å²) in [4.78, 5) is 27.5. The van der Waals surface area contributed by atoms with E-state index in [0.717, 1.165) is 0 Å². The molecule has 1 aromatic carbocycles. The molecule has 0 saturated carbocycles. The summed E-state index contributed by atoms with van der Waals surface area (Å²) in [5.74, 6) is -0.183. The van der Waals surface area contributed by atoms with Gasteiger partial charge in [-0.15, -0.1) is 0 Å². The lowest BCUT2D eigenvalue weighted by Gasteiger charge is -2.24. The molecule has 168 valence electrons. The Kier molecular flexibility index (Phi) is 7.45. The SMILES string of the molecule is COC(=O)[C@H](C)NP(=O)(OCC1CCC(n2ccc(N)nc2=O)O1)Oc1ccccc1. The van der Waals surface area contributed by atoms with Gasteiger partial charge in [0.05, 0.1) is 19.8 Å². The highest BCUT2D eigenvalue weighted by atomic mass is 31.2. The van der Waals surface area contributed by atoms with Crippen LogP contribution in [0, 0.1) is 0 Å². The summed E-state index contributed by atoms with van der Waals surface area (Å²) in [7, 11) is -2.73. The summed E-state index contributed by atoms with van der Waals surface area (Å²) in [6, 6.07) is 9.01. The number of aromatic nitrogens is 2. The zero-order valence-corrected chi connectivity index (χ0v) is 18.1. The second-order valence-corrected chi connectivity index (χ2v) is 8.60. The number of nitrogens with one attached hydrogen (secondary N) is 1. The van der Waals surface area contributed by atoms with Gasteiger partial charge in [-0.3, -0.25) is 13.9 Å². The predicted octanol–water partition coefficient (Wildman–Crippen LogP) is 1.86. The van der Waals surface area contributed by atoms with Gasteiger partial charge in [0.2, 0.25) is 0 Å². The molecule has 1 saturated heterocycles. The molecule has 11 nitrogen and oxygen atoms in total. The monoisotopic (exact) mass is 452 g/mol. The van der Waals surface area contributed by atoms with Crippen LogP contribution in [0.1, 0.15) is 26.0 Å². The molecule has 0 bridgehead atoms. The molecule has 2 aromatic rings. The lowest BCUT2D eigenvalue weighted by atomic mass is 10.2. The average molecular weight is 452 g/mol. The minimum absolute atomic E-state index is 0.0847. The molecule has 3 unspecified atom stereocenters. The molecule has 0 amide bonds. The van der Waals surface area contributed by atoms with Gasteiger partial charge in [-0.25, -0.2) is 9.36 Å². The van der Waals surface area contributed by atoms with Crippen LogP contribution in [-0.2, 0) is 23.4 Å². The molecule has 0 aliphatic carbocycles. The summed E-state index contributed by atoms with van der Waals surface area (Å²) in [5.41, 5.74) is 5.00. The fourth-order valence-corrected chi connectivity index (χ4v) is 4.54. The molecule has 1 aromatic heterocycles. The zero-order valence-electron chi connectivity index (χ0n) is 17.2. The number of methoxy groups -OCH3 is 1. The molecular formula is C19H25N4O7P. The number of hydrogen-bond acceptors (Lipinski definition) is 9. The smallest absolute Gasteiger partial charge is 0.459 e. The predicted molar refractivity (Wildman–Crippen MR) is 111 cm³/mol. The normalized spacial score (nSPS) is 21.2. The Bertz CT molecular complexity index is 1000. The maximum Gasteiger partial charge on any atom is 0.459 e. The Morgan fingerprint density at radius 1 is 1.35 bits per heavy atom. The molecule has 4 atom stereocenters. The molecule has 31 heavy (non-hydrogen) atoms. The van der Waals surface area contributed by atoms with Gasteiger partial charge in [-0.1, -0.05) is 18.2 Å². The number of esters is 1. The van der Waals surface area contributed by atoms with Crippen molar-refractivity contribution in [1.82, 2.24) is 14.6 Å². The Hall–Kier alpha value is -2.72. The molecule has 2 heterocycles. The minimum atomic E-state index is -3.95. The van der Waals surface area contributed by atoms with Crippen LogP contribution in [0.3, 0.4) is 0 Å². The summed E-state index contributed by atoms with van der Waals surface area (Å²) in [5, 5.41) is 2.58. The summed E-state index contributed by atoms with van der Waals surface area (Å²) >= 11 is 0. The van der Waals surface area contributed by atoms with E-state index in [0.29, 0.717) is 18.6 Å². The van der Waals surface area contributed by atoms with Crippen molar-refractivity contribution in [2.45, 2.75) is 38.1 Å². The summed E-state index contributed by atoms with van der Waals surface area (Å²) in [6.07, 6.45) is 1.62. The first kappa shape index (κ1) is 23.0. The summed E-state index contributed by atoms with van der Waals surface area (Å²) in [6.45, 7) is 1.40. The highest BCUT2D eigenvalue weighted by Gasteiger charge is 2.35. The third kappa shape index (κ3) is 6.14. The van der Waals surface area contributed by atoms with Crippen molar-refractivity contribution in [3.63, 3.8) is 0 Å². The van der Waals surface area contributed by atoms with Crippen molar-refractivity contribution in [3.8, 4) is 5.75 Å². The molecule has 1 aliphatic rings. The lowest BCUT2D eigenvalue weighted by molar-refractivity contribution is -0.142. The van der Waals surface area contributed by atoms with Gasteiger partial charge in [-0.2, -0.15) is 10.1 Å². The van der Waals surface area contributed by atoms with Crippen LogP contribution in [0.4, 0.5) is 5.82 Å². The van der Waals surface area contributed by atoms with Gasteiger partial charge in [0.25, 0.3) is 0 Å². The van der Waals surface area contributed by atoms with E-state index in [1.54, 1.807) is 30.3 Å². The van der Waals surface area contributed by atoms with E-state index in [1.165, 1.54) is 30.9 Å². The molecule has 3 N–H and O–H groups in total. The maximum atomic E-state index is 13.3. The van der Waals surface area contributed by atoms with Crippen molar-refractivity contribution < 1.29 is 27.9 Å². The van der Waals surface area contributed by atoms with Gasteiger partial charge in [0.15, 0.2) is 0 Å². The van der Waals surface area contributed by atoms with Crippen LogP contribution in [0.2, 0.25) is 0 Å². The molecule has 1 aliphatic heterocycles. The number of nitrogens with zero attached hydrogens (tertiary/aromatic N) is 2. The lowest BCUT2D eigenvalue weighted by Crippen LogP contribution is -2.35. The van der Waals surface area contributed by atoms with Crippen LogP contribution >= 0.6 is 7.75 Å². The molecule has 0 spiro atoms.